The number of hydrogen-bond donors (Lipinski definition) is 2. The molecule has 0 bridgehead atoms. The molecule has 0 spiro atoms. The van der Waals surface area contributed by atoms with Gasteiger partial charge in [0.25, 0.3) is 5.22 Å². The average molecular weight is 401 g/mol. The number of carbonyl (C=O) groups is 1. The Morgan fingerprint density at radius 1 is 1.48 bits per heavy atom. The number of aromatic hydroxyl groups is 1. The Morgan fingerprint density at radius 2 is 2.22 bits per heavy atom. The number of aliphatic carboxylic acids is 1. The molecule has 122 valence electrons. The van der Waals surface area contributed by atoms with Gasteiger partial charge in [-0.15, -0.1) is 10.2 Å². The van der Waals surface area contributed by atoms with Crippen molar-refractivity contribution in [2.75, 3.05) is 7.11 Å². The lowest BCUT2D eigenvalue weighted by Gasteiger charge is -2.07. The molecule has 0 fully saturated rings. The van der Waals surface area contributed by atoms with E-state index in [9.17, 15) is 15.0 Å². The maximum absolute atomic E-state index is 11.4. The maximum atomic E-state index is 11.4. The summed E-state index contributed by atoms with van der Waals surface area (Å²) in [6, 6.07) is 3.10. The van der Waals surface area contributed by atoms with Gasteiger partial charge in [-0.1, -0.05) is 6.92 Å². The van der Waals surface area contributed by atoms with E-state index < -0.39 is 5.97 Å². The molecule has 0 aliphatic rings. The summed E-state index contributed by atoms with van der Waals surface area (Å²) in [5.41, 5.74) is 0.534. The van der Waals surface area contributed by atoms with E-state index in [0.29, 0.717) is 22.3 Å². The van der Waals surface area contributed by atoms with Gasteiger partial charge in [0.1, 0.15) is 4.91 Å². The van der Waals surface area contributed by atoms with Gasteiger partial charge in [-0.3, -0.25) is 0 Å². The Kier molecular flexibility index (Phi) is 5.67. The Balaban J connectivity index is 2.35. The molecule has 0 amide bonds. The van der Waals surface area contributed by atoms with Crippen molar-refractivity contribution in [1.29, 1.82) is 0 Å². The maximum Gasteiger partial charge on any atom is 0.342 e. The van der Waals surface area contributed by atoms with E-state index in [1.165, 1.54) is 19.3 Å². The summed E-state index contributed by atoms with van der Waals surface area (Å²) in [4.78, 5) is 11.4. The number of halogens is 1. The number of thioether (sulfide) groups is 1. The number of phenolic OH excluding ortho intramolecular Hbond substituents is 1. The first-order valence-electron chi connectivity index (χ1n) is 6.46. The van der Waals surface area contributed by atoms with Crippen molar-refractivity contribution in [3.63, 3.8) is 0 Å². The Labute approximate surface area is 144 Å². The second-order valence-corrected chi connectivity index (χ2v) is 6.13. The molecule has 0 radical (unpaired) electrons. The number of aromatic nitrogens is 2. The van der Waals surface area contributed by atoms with Crippen LogP contribution in [0.2, 0.25) is 0 Å². The predicted octanol–water partition coefficient (Wildman–Crippen LogP) is 3.33. The lowest BCUT2D eigenvalue weighted by atomic mass is 10.2. The van der Waals surface area contributed by atoms with Gasteiger partial charge in [0.2, 0.25) is 5.89 Å². The summed E-state index contributed by atoms with van der Waals surface area (Å²) in [5, 5.41) is 26.8. The predicted molar refractivity (Wildman–Crippen MR) is 87.5 cm³/mol. The number of aryl methyl sites for hydroxylation is 1. The monoisotopic (exact) mass is 400 g/mol. The van der Waals surface area contributed by atoms with Gasteiger partial charge in [0.05, 0.1) is 11.6 Å². The van der Waals surface area contributed by atoms with Crippen LogP contribution in [0.25, 0.3) is 6.08 Å². The number of carboxylic acid groups (broad SMARTS) is 1. The third kappa shape index (κ3) is 4.26. The van der Waals surface area contributed by atoms with Crippen LogP contribution in [0.5, 0.6) is 11.5 Å². The largest absolute Gasteiger partial charge is 0.503 e. The van der Waals surface area contributed by atoms with E-state index in [2.05, 4.69) is 26.1 Å². The first-order valence-corrected chi connectivity index (χ1v) is 8.07. The molecular weight excluding hydrogens is 388 g/mol. The minimum absolute atomic E-state index is 0.00375. The zero-order chi connectivity index (χ0) is 17.0. The fourth-order valence-electron chi connectivity index (χ4n) is 1.64. The van der Waals surface area contributed by atoms with Gasteiger partial charge in [-0.2, -0.15) is 0 Å². The van der Waals surface area contributed by atoms with E-state index in [-0.39, 0.29) is 21.6 Å². The van der Waals surface area contributed by atoms with E-state index in [4.69, 9.17) is 9.15 Å². The fourth-order valence-corrected chi connectivity index (χ4v) is 2.79. The topological polar surface area (TPSA) is 106 Å². The normalized spacial score (nSPS) is 11.5. The quantitative estimate of drug-likeness (QED) is 0.561. The highest BCUT2D eigenvalue weighted by atomic mass is 79.9. The Hall–Kier alpha value is -2.00. The fraction of sp³-hybridized carbons (Fsp3) is 0.214. The lowest BCUT2D eigenvalue weighted by Crippen LogP contribution is -1.97. The van der Waals surface area contributed by atoms with Crippen molar-refractivity contribution in [3.8, 4) is 11.5 Å². The first kappa shape index (κ1) is 17.4. The van der Waals surface area contributed by atoms with Gasteiger partial charge >= 0.3 is 5.97 Å². The zero-order valence-corrected chi connectivity index (χ0v) is 14.6. The average Bonchev–Trinajstić information content (AvgIpc) is 2.97. The molecule has 7 nitrogen and oxygen atoms in total. The number of hydrogen-bond acceptors (Lipinski definition) is 7. The van der Waals surface area contributed by atoms with Crippen LogP contribution in [0.3, 0.4) is 0 Å². The Morgan fingerprint density at radius 3 is 2.78 bits per heavy atom. The van der Waals surface area contributed by atoms with Crippen LogP contribution in [-0.2, 0) is 11.2 Å². The van der Waals surface area contributed by atoms with E-state index >= 15 is 0 Å². The summed E-state index contributed by atoms with van der Waals surface area (Å²) in [5.74, 6) is -0.522. The molecule has 23 heavy (non-hydrogen) atoms. The highest BCUT2D eigenvalue weighted by Gasteiger charge is 2.16. The molecule has 2 aromatic rings. The van der Waals surface area contributed by atoms with Crippen LogP contribution in [-0.4, -0.2) is 33.5 Å². The summed E-state index contributed by atoms with van der Waals surface area (Å²) < 4.78 is 10.7. The number of methoxy groups -OCH3 is 1. The molecule has 0 atom stereocenters. The minimum atomic E-state index is -1.13. The van der Waals surface area contributed by atoms with Crippen molar-refractivity contribution in [3.05, 3.63) is 33.0 Å². The van der Waals surface area contributed by atoms with Crippen molar-refractivity contribution >= 4 is 39.7 Å². The minimum Gasteiger partial charge on any atom is -0.503 e. The van der Waals surface area contributed by atoms with Crippen LogP contribution < -0.4 is 4.74 Å². The number of nitrogens with zero attached hydrogens (tertiary/aromatic N) is 2. The van der Waals surface area contributed by atoms with Crippen LogP contribution in [0.15, 0.2) is 31.2 Å². The number of rotatable bonds is 6. The van der Waals surface area contributed by atoms with Gasteiger partial charge in [-0.05, 0) is 51.5 Å². The molecule has 0 aliphatic heterocycles. The van der Waals surface area contributed by atoms with Crippen LogP contribution in [0, 0.1) is 0 Å². The standard InChI is InChI=1S/C14H13BrN2O5S/c1-3-11-16-17-14(22-11)23-10(13(19)20)6-7-4-8(15)12(18)9(5-7)21-2/h4-6,18H,3H2,1-2H3,(H,19,20)/b10-6+. The van der Waals surface area contributed by atoms with E-state index in [0.717, 1.165) is 11.8 Å². The van der Waals surface area contributed by atoms with Gasteiger partial charge in [0, 0.05) is 6.42 Å². The van der Waals surface area contributed by atoms with Crippen LogP contribution in [0.4, 0.5) is 0 Å². The van der Waals surface area contributed by atoms with Crippen molar-refractivity contribution in [2.45, 2.75) is 18.6 Å². The Bertz CT molecular complexity index is 760. The number of ether oxygens (including phenoxy) is 1. The molecule has 0 saturated heterocycles. The second-order valence-electron chi connectivity index (χ2n) is 4.28. The molecule has 1 heterocycles. The molecule has 2 N–H and O–H groups in total. The highest BCUT2D eigenvalue weighted by molar-refractivity contribution is 9.10. The molecule has 1 aromatic heterocycles. The molecule has 0 aliphatic carbocycles. The number of phenols is 1. The summed E-state index contributed by atoms with van der Waals surface area (Å²) in [7, 11) is 1.41. The number of carboxylic acids is 1. The smallest absolute Gasteiger partial charge is 0.342 e. The SMILES string of the molecule is CCc1nnc(S/C(=C/c2cc(Br)c(O)c(OC)c2)C(=O)O)o1. The highest BCUT2D eigenvalue weighted by Crippen LogP contribution is 2.37. The van der Waals surface area contributed by atoms with Crippen LogP contribution >= 0.6 is 27.7 Å². The molecule has 2 rings (SSSR count). The lowest BCUT2D eigenvalue weighted by molar-refractivity contribution is -0.131. The van der Waals surface area contributed by atoms with E-state index in [1.54, 1.807) is 6.07 Å². The molecule has 9 heteroatoms. The summed E-state index contributed by atoms with van der Waals surface area (Å²) >= 11 is 4.04. The third-order valence-electron chi connectivity index (χ3n) is 2.73. The number of benzene rings is 1. The molecule has 0 unspecified atom stereocenters. The first-order chi connectivity index (χ1) is 10.9. The van der Waals surface area contributed by atoms with Crippen molar-refractivity contribution in [2.24, 2.45) is 0 Å². The van der Waals surface area contributed by atoms with Gasteiger partial charge < -0.3 is 19.4 Å². The summed E-state index contributed by atoms with van der Waals surface area (Å²) in [6.07, 6.45) is 2.00. The van der Waals surface area contributed by atoms with Gasteiger partial charge in [-0.25, -0.2) is 4.79 Å². The van der Waals surface area contributed by atoms with Gasteiger partial charge in [0.15, 0.2) is 11.5 Å². The summed E-state index contributed by atoms with van der Waals surface area (Å²) in [6.45, 7) is 1.86. The van der Waals surface area contributed by atoms with Crippen LogP contribution in [0.1, 0.15) is 18.4 Å². The molecule has 0 saturated carbocycles. The van der Waals surface area contributed by atoms with Crippen molar-refractivity contribution in [1.82, 2.24) is 10.2 Å². The molecular formula is C14H13BrN2O5S. The van der Waals surface area contributed by atoms with E-state index in [1.807, 2.05) is 6.92 Å². The van der Waals surface area contributed by atoms with Crippen molar-refractivity contribution < 1.29 is 24.2 Å². The zero-order valence-electron chi connectivity index (χ0n) is 12.2. The second kappa shape index (κ2) is 7.51. The third-order valence-corrected chi connectivity index (χ3v) is 4.18. The molecule has 1 aromatic carbocycles.